The predicted octanol–water partition coefficient (Wildman–Crippen LogP) is 0.823. The van der Waals surface area contributed by atoms with E-state index in [2.05, 4.69) is 9.97 Å². The smallest absolute Gasteiger partial charge is 0.225 e. The van der Waals surface area contributed by atoms with Gasteiger partial charge in [0.05, 0.1) is 18.0 Å². The van der Waals surface area contributed by atoms with Crippen molar-refractivity contribution in [2.45, 2.75) is 19.4 Å². The van der Waals surface area contributed by atoms with Crippen molar-refractivity contribution in [3.8, 4) is 0 Å². The van der Waals surface area contributed by atoms with Crippen LogP contribution in [-0.2, 0) is 0 Å². The number of aliphatic hydroxyl groups is 1. The van der Waals surface area contributed by atoms with Crippen molar-refractivity contribution < 1.29 is 9.50 Å². The van der Waals surface area contributed by atoms with Crippen LogP contribution in [0.4, 0.5) is 10.3 Å². The Labute approximate surface area is 82.4 Å². The molecule has 0 radical (unpaired) electrons. The highest BCUT2D eigenvalue weighted by molar-refractivity contribution is 5.27. The minimum absolute atomic E-state index is 0.388. The van der Waals surface area contributed by atoms with E-state index in [0.29, 0.717) is 12.5 Å². The summed E-state index contributed by atoms with van der Waals surface area (Å²) in [5, 5.41) is 9.53. The molecular formula is C9H14FN3O. The first-order chi connectivity index (χ1) is 6.38. The normalized spacial score (nSPS) is 11.5. The second-order valence-electron chi connectivity index (χ2n) is 3.87. The summed E-state index contributed by atoms with van der Waals surface area (Å²) in [5.74, 6) is -0.0704. The van der Waals surface area contributed by atoms with Crippen LogP contribution in [0.3, 0.4) is 0 Å². The Morgan fingerprint density at radius 1 is 1.43 bits per heavy atom. The molecule has 1 aromatic heterocycles. The molecule has 0 unspecified atom stereocenters. The molecule has 0 aliphatic heterocycles. The van der Waals surface area contributed by atoms with Gasteiger partial charge in [0.2, 0.25) is 5.95 Å². The van der Waals surface area contributed by atoms with Crippen LogP contribution < -0.4 is 4.90 Å². The van der Waals surface area contributed by atoms with Crippen LogP contribution in [0.1, 0.15) is 13.8 Å². The summed E-state index contributed by atoms with van der Waals surface area (Å²) in [6.45, 7) is 3.76. The van der Waals surface area contributed by atoms with Gasteiger partial charge >= 0.3 is 0 Å². The van der Waals surface area contributed by atoms with Gasteiger partial charge in [0.25, 0.3) is 0 Å². The highest BCUT2D eigenvalue weighted by atomic mass is 19.1. The van der Waals surface area contributed by atoms with Crippen LogP contribution in [0.25, 0.3) is 0 Å². The van der Waals surface area contributed by atoms with Crippen LogP contribution in [0.2, 0.25) is 0 Å². The number of nitrogens with zero attached hydrogens (tertiary/aromatic N) is 3. The van der Waals surface area contributed by atoms with Gasteiger partial charge in [-0.15, -0.1) is 0 Å². The Morgan fingerprint density at radius 3 is 2.36 bits per heavy atom. The molecule has 0 atom stereocenters. The number of rotatable bonds is 3. The van der Waals surface area contributed by atoms with Crippen molar-refractivity contribution in [2.75, 3.05) is 18.5 Å². The van der Waals surface area contributed by atoms with Crippen LogP contribution in [-0.4, -0.2) is 34.3 Å². The Kier molecular flexibility index (Phi) is 3.00. The summed E-state index contributed by atoms with van der Waals surface area (Å²) in [4.78, 5) is 9.25. The van der Waals surface area contributed by atoms with Crippen molar-refractivity contribution in [1.82, 2.24) is 9.97 Å². The quantitative estimate of drug-likeness (QED) is 0.783. The Hall–Kier alpha value is -1.23. The number of hydrogen-bond acceptors (Lipinski definition) is 4. The summed E-state index contributed by atoms with van der Waals surface area (Å²) in [6, 6.07) is 0. The third-order valence-corrected chi connectivity index (χ3v) is 1.57. The van der Waals surface area contributed by atoms with Crippen LogP contribution >= 0.6 is 0 Å². The van der Waals surface area contributed by atoms with E-state index in [1.165, 1.54) is 0 Å². The fraction of sp³-hybridized carbons (Fsp3) is 0.556. The number of aromatic nitrogens is 2. The Bertz CT molecular complexity index is 294. The molecule has 0 fully saturated rings. The standard InChI is InChI=1S/C9H14FN3O/c1-9(2,14)6-13(3)8-11-4-7(10)5-12-8/h4-5,14H,6H2,1-3H3. The molecule has 0 spiro atoms. The molecule has 0 bridgehead atoms. The molecule has 0 saturated heterocycles. The maximum Gasteiger partial charge on any atom is 0.225 e. The molecule has 0 amide bonds. The summed E-state index contributed by atoms with van der Waals surface area (Å²) < 4.78 is 12.5. The minimum atomic E-state index is -0.827. The molecule has 78 valence electrons. The lowest BCUT2D eigenvalue weighted by Gasteiger charge is -2.25. The molecule has 14 heavy (non-hydrogen) atoms. The minimum Gasteiger partial charge on any atom is -0.389 e. The molecule has 0 aliphatic rings. The molecular weight excluding hydrogens is 185 g/mol. The van der Waals surface area contributed by atoms with E-state index in [0.717, 1.165) is 12.4 Å². The van der Waals surface area contributed by atoms with Gasteiger partial charge in [-0.05, 0) is 13.8 Å². The average Bonchev–Trinajstić information content (AvgIpc) is 2.02. The van der Waals surface area contributed by atoms with E-state index in [9.17, 15) is 9.50 Å². The predicted molar refractivity (Wildman–Crippen MR) is 51.6 cm³/mol. The monoisotopic (exact) mass is 199 g/mol. The van der Waals surface area contributed by atoms with Crippen LogP contribution in [0, 0.1) is 5.82 Å². The van der Waals surface area contributed by atoms with E-state index in [-0.39, 0.29) is 0 Å². The first-order valence-electron chi connectivity index (χ1n) is 4.29. The number of likely N-dealkylation sites (N-methyl/N-ethyl adjacent to an activating group) is 1. The van der Waals surface area contributed by atoms with Crippen molar-refractivity contribution >= 4 is 5.95 Å². The van der Waals surface area contributed by atoms with E-state index < -0.39 is 11.4 Å². The Balaban J connectivity index is 2.70. The van der Waals surface area contributed by atoms with Gasteiger partial charge in [-0.2, -0.15) is 0 Å². The largest absolute Gasteiger partial charge is 0.389 e. The van der Waals surface area contributed by atoms with E-state index in [1.807, 2.05) is 0 Å². The number of anilines is 1. The van der Waals surface area contributed by atoms with E-state index in [4.69, 9.17) is 0 Å². The van der Waals surface area contributed by atoms with Gasteiger partial charge in [0.15, 0.2) is 5.82 Å². The van der Waals surface area contributed by atoms with Gasteiger partial charge in [-0.1, -0.05) is 0 Å². The lowest BCUT2D eigenvalue weighted by molar-refractivity contribution is 0.0883. The second-order valence-corrected chi connectivity index (χ2v) is 3.87. The summed E-state index contributed by atoms with van der Waals surface area (Å²) in [6.07, 6.45) is 2.20. The highest BCUT2D eigenvalue weighted by Crippen LogP contribution is 2.09. The molecule has 0 saturated carbocycles. The first kappa shape index (κ1) is 10.8. The van der Waals surface area contributed by atoms with Crippen molar-refractivity contribution in [1.29, 1.82) is 0 Å². The van der Waals surface area contributed by atoms with Gasteiger partial charge in [-0.3, -0.25) is 0 Å². The third kappa shape index (κ3) is 3.26. The highest BCUT2D eigenvalue weighted by Gasteiger charge is 2.17. The zero-order chi connectivity index (χ0) is 10.8. The van der Waals surface area contributed by atoms with Gasteiger partial charge < -0.3 is 10.0 Å². The fourth-order valence-electron chi connectivity index (χ4n) is 1.15. The van der Waals surface area contributed by atoms with E-state index >= 15 is 0 Å². The topological polar surface area (TPSA) is 49.2 Å². The van der Waals surface area contributed by atoms with Crippen molar-refractivity contribution in [3.63, 3.8) is 0 Å². The first-order valence-corrected chi connectivity index (χ1v) is 4.29. The van der Waals surface area contributed by atoms with Crippen molar-refractivity contribution in [2.24, 2.45) is 0 Å². The molecule has 1 heterocycles. The maximum atomic E-state index is 12.5. The third-order valence-electron chi connectivity index (χ3n) is 1.57. The second kappa shape index (κ2) is 3.88. The SMILES string of the molecule is CN(CC(C)(C)O)c1ncc(F)cn1. The Morgan fingerprint density at radius 2 is 1.93 bits per heavy atom. The van der Waals surface area contributed by atoms with Crippen LogP contribution in [0.5, 0.6) is 0 Å². The van der Waals surface area contributed by atoms with E-state index in [1.54, 1.807) is 25.8 Å². The zero-order valence-electron chi connectivity index (χ0n) is 8.53. The number of hydrogen-bond donors (Lipinski definition) is 1. The summed E-state index contributed by atoms with van der Waals surface area (Å²) in [5.41, 5.74) is -0.827. The molecule has 0 aliphatic carbocycles. The van der Waals surface area contributed by atoms with Gasteiger partial charge in [-0.25, -0.2) is 14.4 Å². The van der Waals surface area contributed by atoms with Gasteiger partial charge in [0.1, 0.15) is 0 Å². The molecule has 0 aromatic carbocycles. The average molecular weight is 199 g/mol. The lowest BCUT2D eigenvalue weighted by Crippen LogP contribution is -2.37. The molecule has 1 aromatic rings. The molecule has 1 rings (SSSR count). The van der Waals surface area contributed by atoms with Crippen molar-refractivity contribution in [3.05, 3.63) is 18.2 Å². The fourth-order valence-corrected chi connectivity index (χ4v) is 1.15. The summed E-state index contributed by atoms with van der Waals surface area (Å²) in [7, 11) is 1.74. The maximum absolute atomic E-state index is 12.5. The van der Waals surface area contributed by atoms with Gasteiger partial charge in [0, 0.05) is 13.6 Å². The number of halogens is 1. The lowest BCUT2D eigenvalue weighted by atomic mass is 10.1. The summed E-state index contributed by atoms with van der Waals surface area (Å²) >= 11 is 0. The zero-order valence-corrected chi connectivity index (χ0v) is 8.53. The molecule has 4 nitrogen and oxygen atoms in total. The molecule has 1 N–H and O–H groups in total. The van der Waals surface area contributed by atoms with Crippen LogP contribution in [0.15, 0.2) is 12.4 Å². The molecule has 5 heteroatoms.